The quantitative estimate of drug-likeness (QED) is 0.144. The molecule has 3 nitrogen and oxygen atoms in total. The molecule has 0 fully saturated rings. The number of hydrogen-bond acceptors (Lipinski definition) is 2. The summed E-state index contributed by atoms with van der Waals surface area (Å²) in [7, 11) is 0. The second-order valence-electron chi connectivity index (χ2n) is 18.9. The fourth-order valence-electron chi connectivity index (χ4n) is 11.0. The maximum absolute atomic E-state index is 6.47. The van der Waals surface area contributed by atoms with Gasteiger partial charge in [-0.15, -0.1) is 0 Å². The Labute approximate surface area is 423 Å². The molecule has 73 heavy (non-hydrogen) atoms. The summed E-state index contributed by atoms with van der Waals surface area (Å²) in [5, 5.41) is 7.26. The van der Waals surface area contributed by atoms with Crippen molar-refractivity contribution in [3.63, 3.8) is 0 Å². The molecule has 0 aliphatic heterocycles. The first-order valence-corrected chi connectivity index (χ1v) is 25.0. The first-order valence-electron chi connectivity index (χ1n) is 25.0. The molecule has 12 aromatic carbocycles. The van der Waals surface area contributed by atoms with Crippen LogP contribution in [0, 0.1) is 0 Å². The Balaban J connectivity index is 0.810. The number of furan rings is 1. The average Bonchev–Trinajstić information content (AvgIpc) is 4.02. The average molecular weight is 931 g/mol. The molecule has 0 aliphatic rings. The highest BCUT2D eigenvalue weighted by Crippen LogP contribution is 2.42. The van der Waals surface area contributed by atoms with Gasteiger partial charge in [0.2, 0.25) is 0 Å². The molecule has 2 heterocycles. The lowest BCUT2D eigenvalue weighted by Gasteiger charge is -2.26. The van der Waals surface area contributed by atoms with Gasteiger partial charge in [0.25, 0.3) is 0 Å². The topological polar surface area (TPSA) is 21.3 Å². The number of hydrogen-bond donors (Lipinski definition) is 0. The number of anilines is 3. The van der Waals surface area contributed by atoms with Crippen LogP contribution in [0.2, 0.25) is 0 Å². The van der Waals surface area contributed by atoms with E-state index in [0.29, 0.717) is 0 Å². The summed E-state index contributed by atoms with van der Waals surface area (Å²) in [5.74, 6) is 0. The molecule has 14 rings (SSSR count). The van der Waals surface area contributed by atoms with Crippen LogP contribution in [0.25, 0.3) is 116 Å². The van der Waals surface area contributed by atoms with Gasteiger partial charge in [-0.2, -0.15) is 0 Å². The van der Waals surface area contributed by atoms with Crippen molar-refractivity contribution in [2.24, 2.45) is 0 Å². The molecule has 2 aromatic heterocycles. The van der Waals surface area contributed by atoms with Crippen LogP contribution < -0.4 is 4.90 Å². The maximum atomic E-state index is 6.47. The zero-order chi connectivity index (χ0) is 48.2. The van der Waals surface area contributed by atoms with Crippen molar-refractivity contribution in [3.8, 4) is 61.3 Å². The third-order valence-corrected chi connectivity index (χ3v) is 14.6. The van der Waals surface area contributed by atoms with Crippen LogP contribution in [-0.4, -0.2) is 4.57 Å². The van der Waals surface area contributed by atoms with E-state index < -0.39 is 0 Å². The third-order valence-electron chi connectivity index (χ3n) is 14.6. The Kier molecular flexibility index (Phi) is 10.2. The normalized spacial score (nSPS) is 11.6. The smallest absolute Gasteiger partial charge is 0.143 e. The first-order chi connectivity index (χ1) is 36.2. The Morgan fingerprint density at radius 1 is 0.274 bits per heavy atom. The molecule has 0 unspecified atom stereocenters. The predicted octanol–water partition coefficient (Wildman–Crippen LogP) is 19.6. The monoisotopic (exact) mass is 930 g/mol. The molecule has 0 amide bonds. The van der Waals surface area contributed by atoms with Crippen LogP contribution in [0.15, 0.2) is 283 Å². The van der Waals surface area contributed by atoms with Gasteiger partial charge in [-0.25, -0.2) is 0 Å². The van der Waals surface area contributed by atoms with Gasteiger partial charge >= 0.3 is 0 Å². The molecule has 14 aromatic rings. The summed E-state index contributed by atoms with van der Waals surface area (Å²) >= 11 is 0. The van der Waals surface area contributed by atoms with Crippen molar-refractivity contribution in [3.05, 3.63) is 279 Å². The summed E-state index contributed by atoms with van der Waals surface area (Å²) in [6.07, 6.45) is 0. The van der Waals surface area contributed by atoms with Gasteiger partial charge in [0.1, 0.15) is 11.2 Å². The summed E-state index contributed by atoms with van der Waals surface area (Å²) in [6.45, 7) is 0. The van der Waals surface area contributed by atoms with E-state index in [2.05, 4.69) is 276 Å². The SMILES string of the molecule is c1cc(-c2ccc(-c3ccc(N(c4ccc(-c5ccccc5-n5c6ccccc6c6ccccc65)cc4)c4ccc(-c5cccc6c5oc5ccccc56)cc4)cc3)cc2)cc(-c2ccc3ccccc3c2)c1. The number of nitrogens with zero attached hydrogens (tertiary/aromatic N) is 2. The van der Waals surface area contributed by atoms with Crippen LogP contribution in [-0.2, 0) is 0 Å². The van der Waals surface area contributed by atoms with Gasteiger partial charge in [-0.3, -0.25) is 0 Å². The molecule has 342 valence electrons. The minimum absolute atomic E-state index is 0.899. The molecule has 3 heteroatoms. The van der Waals surface area contributed by atoms with Crippen LogP contribution in [0.3, 0.4) is 0 Å². The van der Waals surface area contributed by atoms with E-state index in [-0.39, 0.29) is 0 Å². The molecule has 0 saturated carbocycles. The lowest BCUT2D eigenvalue weighted by molar-refractivity contribution is 0.670. The van der Waals surface area contributed by atoms with Gasteiger partial charge in [0, 0.05) is 49.7 Å². The molecule has 0 atom stereocenters. The zero-order valence-electron chi connectivity index (χ0n) is 39.9. The van der Waals surface area contributed by atoms with Crippen molar-refractivity contribution >= 4 is 71.6 Å². The van der Waals surface area contributed by atoms with Crippen molar-refractivity contribution in [1.29, 1.82) is 0 Å². The van der Waals surface area contributed by atoms with Crippen LogP contribution in [0.1, 0.15) is 0 Å². The van der Waals surface area contributed by atoms with E-state index in [1.54, 1.807) is 0 Å². The fraction of sp³-hybridized carbons (Fsp3) is 0. The highest BCUT2D eigenvalue weighted by Gasteiger charge is 2.19. The summed E-state index contributed by atoms with van der Waals surface area (Å²) in [4.78, 5) is 2.35. The molecule has 0 aliphatic carbocycles. The molecular weight excluding hydrogens is 885 g/mol. The van der Waals surface area contributed by atoms with E-state index in [9.17, 15) is 0 Å². The maximum Gasteiger partial charge on any atom is 0.143 e. The molecule has 0 saturated heterocycles. The van der Waals surface area contributed by atoms with E-state index in [1.807, 2.05) is 12.1 Å². The highest BCUT2D eigenvalue weighted by molar-refractivity contribution is 6.11. The van der Waals surface area contributed by atoms with Gasteiger partial charge in [0.15, 0.2) is 0 Å². The predicted molar refractivity (Wildman–Crippen MR) is 307 cm³/mol. The highest BCUT2D eigenvalue weighted by atomic mass is 16.3. The van der Waals surface area contributed by atoms with Gasteiger partial charge in [0.05, 0.1) is 16.7 Å². The van der Waals surface area contributed by atoms with Crippen LogP contribution >= 0.6 is 0 Å². The van der Waals surface area contributed by atoms with E-state index in [0.717, 1.165) is 66.9 Å². The summed E-state index contributed by atoms with van der Waals surface area (Å²) in [5.41, 5.74) is 20.2. The van der Waals surface area contributed by atoms with Crippen molar-refractivity contribution < 1.29 is 4.42 Å². The van der Waals surface area contributed by atoms with Crippen LogP contribution in [0.4, 0.5) is 17.1 Å². The van der Waals surface area contributed by atoms with Gasteiger partial charge in [-0.1, -0.05) is 206 Å². The number of fused-ring (bicyclic) bond motifs is 7. The van der Waals surface area contributed by atoms with Crippen molar-refractivity contribution in [1.82, 2.24) is 4.57 Å². The van der Waals surface area contributed by atoms with Gasteiger partial charge in [-0.05, 0) is 128 Å². The lowest BCUT2D eigenvalue weighted by atomic mass is 9.96. The number of rotatable bonds is 9. The summed E-state index contributed by atoms with van der Waals surface area (Å²) in [6, 6.07) is 101. The second kappa shape index (κ2) is 17.6. The number of benzene rings is 12. The van der Waals surface area contributed by atoms with E-state index >= 15 is 0 Å². The van der Waals surface area contributed by atoms with E-state index in [1.165, 1.54) is 66.0 Å². The molecule has 0 radical (unpaired) electrons. The number of para-hydroxylation sites is 5. The minimum Gasteiger partial charge on any atom is -0.455 e. The molecule has 0 N–H and O–H groups in total. The molecule has 0 bridgehead atoms. The zero-order valence-corrected chi connectivity index (χ0v) is 39.9. The second-order valence-corrected chi connectivity index (χ2v) is 18.9. The minimum atomic E-state index is 0.899. The van der Waals surface area contributed by atoms with Crippen molar-refractivity contribution in [2.45, 2.75) is 0 Å². The first kappa shape index (κ1) is 42.2. The largest absolute Gasteiger partial charge is 0.455 e. The standard InChI is InChI=1S/C70H46N2O/c1-2-14-53-46-56(32-31-47(53)13-1)55-16-11-15-54(45-55)50-29-27-48(28-30-50)49-33-39-57(40-34-49)71(59-43-37-52(38-44-59)61-21-12-22-65-64-20-6-10-26-69(64)73-70(61)65)58-41-35-51(36-42-58)60-17-3-7-23-66(60)72-67-24-8-4-18-62(67)63-19-5-9-25-68(63)72/h1-46H. The Morgan fingerprint density at radius 3 is 1.38 bits per heavy atom. The lowest BCUT2D eigenvalue weighted by Crippen LogP contribution is -2.09. The van der Waals surface area contributed by atoms with Crippen molar-refractivity contribution in [2.75, 3.05) is 4.90 Å². The number of aromatic nitrogens is 1. The van der Waals surface area contributed by atoms with Gasteiger partial charge < -0.3 is 13.9 Å². The summed E-state index contributed by atoms with van der Waals surface area (Å²) < 4.78 is 8.88. The van der Waals surface area contributed by atoms with Crippen LogP contribution in [0.5, 0.6) is 0 Å². The Bertz CT molecular complexity index is 4300. The molecule has 0 spiro atoms. The third kappa shape index (κ3) is 7.46. The van der Waals surface area contributed by atoms with E-state index in [4.69, 9.17) is 4.42 Å². The Morgan fingerprint density at radius 2 is 0.712 bits per heavy atom. The fourth-order valence-corrected chi connectivity index (χ4v) is 11.0. The molecular formula is C70H46N2O. The Hall–Kier alpha value is -9.70.